The van der Waals surface area contributed by atoms with Crippen molar-refractivity contribution < 1.29 is 19.1 Å². The van der Waals surface area contributed by atoms with Gasteiger partial charge in [0.15, 0.2) is 0 Å². The van der Waals surface area contributed by atoms with E-state index in [0.717, 1.165) is 10.5 Å². The summed E-state index contributed by atoms with van der Waals surface area (Å²) >= 11 is 0. The average molecular weight is 353 g/mol. The van der Waals surface area contributed by atoms with Crippen molar-refractivity contribution >= 4 is 29.2 Å². The van der Waals surface area contributed by atoms with E-state index < -0.39 is 12.0 Å². The molecule has 1 unspecified atom stereocenters. The van der Waals surface area contributed by atoms with Crippen LogP contribution in [0.2, 0.25) is 0 Å². The molecule has 7 nitrogen and oxygen atoms in total. The number of hydrogen-bond acceptors (Lipinski definition) is 6. The molecular weight excluding hydrogens is 334 g/mol. The Morgan fingerprint density at radius 1 is 1.23 bits per heavy atom. The summed E-state index contributed by atoms with van der Waals surface area (Å²) in [6.07, 6.45) is 0.0832. The highest BCUT2D eigenvalue weighted by atomic mass is 16.5. The van der Waals surface area contributed by atoms with Crippen molar-refractivity contribution in [2.75, 3.05) is 17.7 Å². The summed E-state index contributed by atoms with van der Waals surface area (Å²) in [5.41, 5.74) is 8.11. The van der Waals surface area contributed by atoms with E-state index in [4.69, 9.17) is 5.73 Å². The van der Waals surface area contributed by atoms with Gasteiger partial charge in [0.2, 0.25) is 5.91 Å². The molecule has 0 radical (unpaired) electrons. The molecule has 0 aliphatic carbocycles. The van der Waals surface area contributed by atoms with Crippen molar-refractivity contribution in [2.45, 2.75) is 19.0 Å². The number of carbonyl (C=O) groups is 3. The third kappa shape index (κ3) is 3.57. The van der Waals surface area contributed by atoms with E-state index in [2.05, 4.69) is 10.1 Å². The molecule has 0 aromatic heterocycles. The first-order valence-electron chi connectivity index (χ1n) is 8.12. The van der Waals surface area contributed by atoms with Crippen LogP contribution in [0.3, 0.4) is 0 Å². The summed E-state index contributed by atoms with van der Waals surface area (Å²) in [5.74, 6) is -1.08. The highest BCUT2D eigenvalue weighted by Crippen LogP contribution is 2.24. The van der Waals surface area contributed by atoms with Gasteiger partial charge in [0, 0.05) is 12.2 Å². The Hall–Kier alpha value is -3.19. The lowest BCUT2D eigenvalue weighted by Crippen LogP contribution is -2.38. The van der Waals surface area contributed by atoms with Gasteiger partial charge < -0.3 is 15.8 Å². The van der Waals surface area contributed by atoms with Gasteiger partial charge in [-0.2, -0.15) is 0 Å². The standard InChI is InChI=1S/C19H19N3O4/c1-26-19(25)13-5-7-15(8-6-13)22-17(23)10-16(18(22)24)21-11-12-3-2-4-14(20)9-12/h2-9,16,21H,10-11,20H2,1H3. The number of nitrogens with zero attached hydrogens (tertiary/aromatic N) is 1. The molecule has 134 valence electrons. The SMILES string of the molecule is COC(=O)c1ccc(N2C(=O)CC(NCc3cccc(N)c3)C2=O)cc1. The predicted molar refractivity (Wildman–Crippen MR) is 96.4 cm³/mol. The van der Waals surface area contributed by atoms with Crippen LogP contribution >= 0.6 is 0 Å². The first-order chi connectivity index (χ1) is 12.5. The van der Waals surface area contributed by atoms with Gasteiger partial charge in [-0.05, 0) is 42.0 Å². The summed E-state index contributed by atoms with van der Waals surface area (Å²) in [6.45, 7) is 0.434. The molecule has 2 amide bonds. The highest BCUT2D eigenvalue weighted by molar-refractivity contribution is 6.22. The van der Waals surface area contributed by atoms with Crippen LogP contribution < -0.4 is 16.0 Å². The van der Waals surface area contributed by atoms with Gasteiger partial charge in [-0.3, -0.25) is 9.59 Å². The van der Waals surface area contributed by atoms with Crippen LogP contribution in [-0.2, 0) is 20.9 Å². The van der Waals surface area contributed by atoms with Crippen LogP contribution in [0.25, 0.3) is 0 Å². The van der Waals surface area contributed by atoms with E-state index in [1.54, 1.807) is 18.2 Å². The van der Waals surface area contributed by atoms with Crippen LogP contribution in [0.15, 0.2) is 48.5 Å². The number of carbonyl (C=O) groups excluding carboxylic acids is 3. The molecule has 3 N–H and O–H groups in total. The average Bonchev–Trinajstić information content (AvgIpc) is 2.93. The second kappa shape index (κ2) is 7.37. The van der Waals surface area contributed by atoms with E-state index in [1.807, 2.05) is 18.2 Å². The molecule has 2 aromatic rings. The number of hydrogen-bond donors (Lipinski definition) is 2. The van der Waals surface area contributed by atoms with Gasteiger partial charge in [-0.1, -0.05) is 12.1 Å². The Morgan fingerprint density at radius 3 is 2.62 bits per heavy atom. The minimum absolute atomic E-state index is 0.0832. The zero-order valence-electron chi connectivity index (χ0n) is 14.3. The lowest BCUT2D eigenvalue weighted by Gasteiger charge is -2.16. The molecule has 0 saturated carbocycles. The van der Waals surface area contributed by atoms with Crippen LogP contribution in [0.1, 0.15) is 22.3 Å². The third-order valence-electron chi connectivity index (χ3n) is 4.20. The minimum atomic E-state index is -0.593. The number of rotatable bonds is 5. The Balaban J connectivity index is 1.69. The van der Waals surface area contributed by atoms with Crippen LogP contribution in [-0.4, -0.2) is 30.9 Å². The zero-order chi connectivity index (χ0) is 18.7. The smallest absolute Gasteiger partial charge is 0.337 e. The first-order valence-corrected chi connectivity index (χ1v) is 8.12. The molecule has 1 atom stereocenters. The maximum atomic E-state index is 12.6. The maximum Gasteiger partial charge on any atom is 0.337 e. The number of methoxy groups -OCH3 is 1. The molecule has 1 heterocycles. The summed E-state index contributed by atoms with van der Waals surface area (Å²) in [7, 11) is 1.29. The topological polar surface area (TPSA) is 102 Å². The fraction of sp³-hybridized carbons (Fsp3) is 0.211. The molecule has 1 aliphatic rings. The molecule has 26 heavy (non-hydrogen) atoms. The molecule has 1 fully saturated rings. The van der Waals surface area contributed by atoms with E-state index in [-0.39, 0.29) is 18.2 Å². The largest absolute Gasteiger partial charge is 0.465 e. The van der Waals surface area contributed by atoms with Gasteiger partial charge >= 0.3 is 5.97 Å². The molecule has 1 saturated heterocycles. The molecule has 3 rings (SSSR count). The Morgan fingerprint density at radius 2 is 1.96 bits per heavy atom. The van der Waals surface area contributed by atoms with Crippen molar-refractivity contribution in [3.63, 3.8) is 0 Å². The summed E-state index contributed by atoms with van der Waals surface area (Å²) < 4.78 is 4.64. The maximum absolute atomic E-state index is 12.6. The quantitative estimate of drug-likeness (QED) is 0.480. The molecular formula is C19H19N3O4. The van der Waals surface area contributed by atoms with E-state index in [1.165, 1.54) is 19.2 Å². The van der Waals surface area contributed by atoms with Crippen molar-refractivity contribution in [3.05, 3.63) is 59.7 Å². The number of anilines is 2. The van der Waals surface area contributed by atoms with Crippen molar-refractivity contribution in [1.29, 1.82) is 0 Å². The molecule has 2 aromatic carbocycles. The van der Waals surface area contributed by atoms with E-state index >= 15 is 0 Å². The highest BCUT2D eigenvalue weighted by Gasteiger charge is 2.39. The monoisotopic (exact) mass is 353 g/mol. The van der Waals surface area contributed by atoms with Gasteiger partial charge in [0.05, 0.1) is 30.8 Å². The fourth-order valence-corrected chi connectivity index (χ4v) is 2.87. The van der Waals surface area contributed by atoms with Gasteiger partial charge in [0.1, 0.15) is 0 Å². The van der Waals surface area contributed by atoms with Crippen molar-refractivity contribution in [3.8, 4) is 0 Å². The number of ether oxygens (including phenoxy) is 1. The van der Waals surface area contributed by atoms with Crippen LogP contribution in [0.4, 0.5) is 11.4 Å². The van der Waals surface area contributed by atoms with Crippen molar-refractivity contribution in [1.82, 2.24) is 5.32 Å². The predicted octanol–water partition coefficient (Wildman–Crippen LogP) is 1.48. The van der Waals surface area contributed by atoms with Crippen LogP contribution in [0.5, 0.6) is 0 Å². The van der Waals surface area contributed by atoms with E-state index in [0.29, 0.717) is 23.5 Å². The number of nitrogens with two attached hydrogens (primary N) is 1. The second-order valence-corrected chi connectivity index (χ2v) is 5.99. The number of nitrogens with one attached hydrogen (secondary N) is 1. The number of amides is 2. The minimum Gasteiger partial charge on any atom is -0.465 e. The Labute approximate surface area is 150 Å². The third-order valence-corrected chi connectivity index (χ3v) is 4.20. The van der Waals surface area contributed by atoms with Gasteiger partial charge in [-0.15, -0.1) is 0 Å². The number of imide groups is 1. The summed E-state index contributed by atoms with van der Waals surface area (Å²) in [5, 5.41) is 3.10. The molecule has 0 bridgehead atoms. The summed E-state index contributed by atoms with van der Waals surface area (Å²) in [6, 6.07) is 12.9. The number of benzene rings is 2. The lowest BCUT2D eigenvalue weighted by molar-refractivity contribution is -0.121. The van der Waals surface area contributed by atoms with E-state index in [9.17, 15) is 14.4 Å². The summed E-state index contributed by atoms with van der Waals surface area (Å²) in [4.78, 5) is 37.5. The van der Waals surface area contributed by atoms with Gasteiger partial charge in [0.25, 0.3) is 5.91 Å². The number of nitrogen functional groups attached to an aromatic ring is 1. The second-order valence-electron chi connectivity index (χ2n) is 5.99. The molecule has 1 aliphatic heterocycles. The Kier molecular flexibility index (Phi) is 4.99. The molecule has 0 spiro atoms. The fourth-order valence-electron chi connectivity index (χ4n) is 2.87. The lowest BCUT2D eigenvalue weighted by atomic mass is 10.1. The zero-order valence-corrected chi connectivity index (χ0v) is 14.3. The first kappa shape index (κ1) is 17.6. The molecule has 7 heteroatoms. The van der Waals surface area contributed by atoms with Crippen LogP contribution in [0, 0.1) is 0 Å². The van der Waals surface area contributed by atoms with Crippen molar-refractivity contribution in [2.24, 2.45) is 0 Å². The number of esters is 1. The normalized spacial score (nSPS) is 16.8. The Bertz CT molecular complexity index is 848. The van der Waals surface area contributed by atoms with Gasteiger partial charge in [-0.25, -0.2) is 9.69 Å².